The molecule has 5 nitrogen and oxygen atoms in total. The number of hydrogen-bond donors (Lipinski definition) is 1. The van der Waals surface area contributed by atoms with E-state index in [-0.39, 0.29) is 17.8 Å². The third-order valence-corrected chi connectivity index (χ3v) is 3.74. The Hall–Kier alpha value is -0.980. The smallest absolute Gasteiger partial charge is 0.148 e. The van der Waals surface area contributed by atoms with Crippen molar-refractivity contribution in [2.75, 3.05) is 25.6 Å². The molecule has 0 aromatic carbocycles. The predicted octanol–water partition coefficient (Wildman–Crippen LogP) is 0.446. The molecule has 0 aliphatic heterocycles. The molecule has 18 heavy (non-hydrogen) atoms. The fraction of sp³-hybridized carbons (Fsp3) is 0.583. The average molecular weight is 271 g/mol. The number of aromatic nitrogens is 1. The van der Waals surface area contributed by atoms with Gasteiger partial charge in [0, 0.05) is 31.2 Å². The highest BCUT2D eigenvalue weighted by atomic mass is 32.2. The fourth-order valence-electron chi connectivity index (χ4n) is 1.96. The Morgan fingerprint density at radius 1 is 1.50 bits per heavy atom. The molecule has 2 unspecified atom stereocenters. The Morgan fingerprint density at radius 3 is 2.61 bits per heavy atom. The van der Waals surface area contributed by atoms with Crippen LogP contribution in [0.1, 0.15) is 18.5 Å². The van der Waals surface area contributed by atoms with E-state index >= 15 is 0 Å². The lowest BCUT2D eigenvalue weighted by Crippen LogP contribution is -2.39. The van der Waals surface area contributed by atoms with Gasteiger partial charge in [-0.25, -0.2) is 8.42 Å². The minimum absolute atomic E-state index is 0.0274. The van der Waals surface area contributed by atoms with Gasteiger partial charge in [0.05, 0.1) is 11.8 Å². The van der Waals surface area contributed by atoms with Crippen molar-refractivity contribution in [2.45, 2.75) is 19.0 Å². The molecule has 0 saturated heterocycles. The molecule has 0 aliphatic rings. The molecular formula is C12H21N3O2S. The Labute approximate surface area is 109 Å². The van der Waals surface area contributed by atoms with E-state index < -0.39 is 9.84 Å². The lowest BCUT2D eigenvalue weighted by atomic mass is 10.0. The van der Waals surface area contributed by atoms with Crippen LogP contribution in [0.4, 0.5) is 0 Å². The zero-order valence-electron chi connectivity index (χ0n) is 11.1. The maximum atomic E-state index is 11.2. The van der Waals surface area contributed by atoms with E-state index in [9.17, 15) is 8.42 Å². The Kier molecular flexibility index (Phi) is 5.25. The number of hydrogen-bond acceptors (Lipinski definition) is 5. The molecule has 102 valence electrons. The first-order valence-corrected chi connectivity index (χ1v) is 7.91. The van der Waals surface area contributed by atoms with Crippen LogP contribution in [0.2, 0.25) is 0 Å². The van der Waals surface area contributed by atoms with Crippen molar-refractivity contribution < 1.29 is 8.42 Å². The first kappa shape index (κ1) is 15.1. The van der Waals surface area contributed by atoms with Gasteiger partial charge < -0.3 is 5.73 Å². The summed E-state index contributed by atoms with van der Waals surface area (Å²) in [6.07, 6.45) is 4.72. The molecule has 1 aromatic heterocycles. The molecule has 6 heteroatoms. The second-order valence-electron chi connectivity index (χ2n) is 4.70. The summed E-state index contributed by atoms with van der Waals surface area (Å²) >= 11 is 0. The zero-order chi connectivity index (χ0) is 13.8. The maximum absolute atomic E-state index is 11.2. The summed E-state index contributed by atoms with van der Waals surface area (Å²) in [7, 11) is -1.08. The quantitative estimate of drug-likeness (QED) is 0.813. The summed E-state index contributed by atoms with van der Waals surface area (Å²) in [6.45, 7) is 2.37. The van der Waals surface area contributed by atoms with Crippen molar-refractivity contribution >= 4 is 9.84 Å². The third kappa shape index (κ3) is 4.72. The largest absolute Gasteiger partial charge is 0.326 e. The van der Waals surface area contributed by atoms with Gasteiger partial charge in [0.2, 0.25) is 0 Å². The van der Waals surface area contributed by atoms with Crippen LogP contribution in [0, 0.1) is 0 Å². The van der Waals surface area contributed by atoms with Crippen LogP contribution in [0.25, 0.3) is 0 Å². The topological polar surface area (TPSA) is 76.3 Å². The van der Waals surface area contributed by atoms with Gasteiger partial charge in [-0.3, -0.25) is 9.88 Å². The van der Waals surface area contributed by atoms with Gasteiger partial charge in [-0.1, -0.05) is 6.07 Å². The van der Waals surface area contributed by atoms with Crippen LogP contribution in [0.15, 0.2) is 24.5 Å². The summed E-state index contributed by atoms with van der Waals surface area (Å²) in [5.41, 5.74) is 6.99. The Balaban J connectivity index is 2.80. The van der Waals surface area contributed by atoms with E-state index in [2.05, 4.69) is 4.98 Å². The highest BCUT2D eigenvalue weighted by Crippen LogP contribution is 2.21. The van der Waals surface area contributed by atoms with Crippen molar-refractivity contribution in [1.82, 2.24) is 9.88 Å². The molecule has 0 saturated carbocycles. The van der Waals surface area contributed by atoms with Gasteiger partial charge in [0.15, 0.2) is 0 Å². The molecule has 0 bridgehead atoms. The van der Waals surface area contributed by atoms with E-state index in [1.807, 2.05) is 31.0 Å². The van der Waals surface area contributed by atoms with Crippen molar-refractivity contribution in [2.24, 2.45) is 5.73 Å². The Morgan fingerprint density at radius 2 is 2.17 bits per heavy atom. The van der Waals surface area contributed by atoms with Crippen molar-refractivity contribution in [3.8, 4) is 0 Å². The van der Waals surface area contributed by atoms with Gasteiger partial charge in [-0.05, 0) is 25.6 Å². The highest BCUT2D eigenvalue weighted by Gasteiger charge is 2.21. The lowest BCUT2D eigenvalue weighted by molar-refractivity contribution is 0.230. The summed E-state index contributed by atoms with van der Waals surface area (Å²) in [5.74, 6) is 0.132. The second kappa shape index (κ2) is 6.26. The van der Waals surface area contributed by atoms with Crippen LogP contribution in [-0.4, -0.2) is 49.9 Å². The first-order chi connectivity index (χ1) is 8.31. The summed E-state index contributed by atoms with van der Waals surface area (Å²) in [4.78, 5) is 6.04. The van der Waals surface area contributed by atoms with Crippen molar-refractivity contribution in [1.29, 1.82) is 0 Å². The van der Waals surface area contributed by atoms with Crippen molar-refractivity contribution in [3.63, 3.8) is 0 Å². The van der Waals surface area contributed by atoms with E-state index in [0.29, 0.717) is 6.54 Å². The van der Waals surface area contributed by atoms with Crippen LogP contribution >= 0.6 is 0 Å². The predicted molar refractivity (Wildman–Crippen MR) is 73.0 cm³/mol. The van der Waals surface area contributed by atoms with Crippen molar-refractivity contribution in [3.05, 3.63) is 30.1 Å². The molecule has 2 N–H and O–H groups in total. The number of pyridine rings is 1. The molecule has 0 radical (unpaired) electrons. The molecule has 2 atom stereocenters. The monoisotopic (exact) mass is 271 g/mol. The average Bonchev–Trinajstić information content (AvgIpc) is 2.26. The number of nitrogens with zero attached hydrogens (tertiary/aromatic N) is 2. The van der Waals surface area contributed by atoms with E-state index in [0.717, 1.165) is 5.56 Å². The fourth-order valence-corrected chi connectivity index (χ4v) is 2.58. The van der Waals surface area contributed by atoms with Crippen LogP contribution in [-0.2, 0) is 9.84 Å². The molecule has 0 aliphatic carbocycles. The number of sulfone groups is 1. The molecular weight excluding hydrogens is 250 g/mol. The summed E-state index contributed by atoms with van der Waals surface area (Å²) in [6, 6.07) is 3.69. The third-order valence-electron chi connectivity index (χ3n) is 2.81. The molecule has 0 spiro atoms. The standard InChI is InChI=1S/C12H21N3O2S/c1-10(13)12(11-5-4-6-14-9-11)15(2)7-8-18(3,16)17/h4-6,9-10,12H,7-8,13H2,1-3H3. The summed E-state index contributed by atoms with van der Waals surface area (Å²) < 4.78 is 22.4. The minimum Gasteiger partial charge on any atom is -0.326 e. The summed E-state index contributed by atoms with van der Waals surface area (Å²) in [5, 5.41) is 0. The van der Waals surface area contributed by atoms with Gasteiger partial charge in [-0.15, -0.1) is 0 Å². The highest BCUT2D eigenvalue weighted by molar-refractivity contribution is 7.90. The SMILES string of the molecule is CC(N)C(c1cccnc1)N(C)CCS(C)(=O)=O. The zero-order valence-corrected chi connectivity index (χ0v) is 11.9. The Bertz CT molecular complexity index is 459. The van der Waals surface area contributed by atoms with Gasteiger partial charge >= 0.3 is 0 Å². The second-order valence-corrected chi connectivity index (χ2v) is 6.96. The van der Waals surface area contributed by atoms with E-state index in [4.69, 9.17) is 5.73 Å². The maximum Gasteiger partial charge on any atom is 0.148 e. The normalized spacial score (nSPS) is 15.6. The van der Waals surface area contributed by atoms with Gasteiger partial charge in [0.1, 0.15) is 9.84 Å². The molecule has 0 amide bonds. The van der Waals surface area contributed by atoms with Crippen LogP contribution in [0.5, 0.6) is 0 Å². The first-order valence-electron chi connectivity index (χ1n) is 5.85. The number of nitrogens with two attached hydrogens (primary N) is 1. The number of likely N-dealkylation sites (N-methyl/N-ethyl adjacent to an activating group) is 1. The lowest BCUT2D eigenvalue weighted by Gasteiger charge is -2.31. The van der Waals surface area contributed by atoms with Crippen LogP contribution in [0.3, 0.4) is 0 Å². The molecule has 1 aromatic rings. The molecule has 0 fully saturated rings. The molecule has 1 rings (SSSR count). The number of rotatable bonds is 6. The van der Waals surface area contributed by atoms with Gasteiger partial charge in [-0.2, -0.15) is 0 Å². The van der Waals surface area contributed by atoms with Gasteiger partial charge in [0.25, 0.3) is 0 Å². The van der Waals surface area contributed by atoms with E-state index in [1.54, 1.807) is 12.4 Å². The van der Waals surface area contributed by atoms with E-state index in [1.165, 1.54) is 6.26 Å². The van der Waals surface area contributed by atoms with Crippen LogP contribution < -0.4 is 5.73 Å². The minimum atomic E-state index is -2.96. The molecule has 1 heterocycles.